The number of pyridine rings is 1. The fourth-order valence-corrected chi connectivity index (χ4v) is 2.22. The van der Waals surface area contributed by atoms with Gasteiger partial charge in [0.05, 0.1) is 12.1 Å². The third kappa shape index (κ3) is 6.25. The summed E-state index contributed by atoms with van der Waals surface area (Å²) >= 11 is 5.01. The molecule has 1 amide bonds. The second-order valence-corrected chi connectivity index (χ2v) is 6.34. The van der Waals surface area contributed by atoms with Gasteiger partial charge in [0.2, 0.25) is 0 Å². The third-order valence-electron chi connectivity index (χ3n) is 3.54. The fourth-order valence-electron chi connectivity index (χ4n) is 2.06. The Hall–Kier alpha value is -2.80. The number of aromatic nitrogens is 1. The lowest BCUT2D eigenvalue weighted by molar-refractivity contribution is -0.119. The predicted octanol–water partition coefficient (Wildman–Crippen LogP) is 2.46. The number of amides is 1. The Morgan fingerprint density at radius 3 is 2.54 bits per heavy atom. The minimum Gasteiger partial charge on any atom is -0.486 e. The largest absolute Gasteiger partial charge is 0.486 e. The lowest BCUT2D eigenvalue weighted by Crippen LogP contribution is -2.42. The molecule has 0 aliphatic carbocycles. The molecule has 26 heavy (non-hydrogen) atoms. The van der Waals surface area contributed by atoms with Crippen LogP contribution in [0.2, 0.25) is 0 Å². The van der Waals surface area contributed by atoms with Crippen molar-refractivity contribution >= 4 is 29.0 Å². The van der Waals surface area contributed by atoms with E-state index in [1.165, 1.54) is 11.8 Å². The maximum absolute atomic E-state index is 11.9. The second-order valence-electron chi connectivity index (χ2n) is 5.93. The van der Waals surface area contributed by atoms with Gasteiger partial charge in [-0.05, 0) is 48.0 Å². The van der Waals surface area contributed by atoms with Crippen LogP contribution in [0.1, 0.15) is 35.7 Å². The molecule has 7 heteroatoms. The predicted molar refractivity (Wildman–Crippen MR) is 103 cm³/mol. The number of nitrogens with one attached hydrogen (secondary N) is 2. The van der Waals surface area contributed by atoms with Gasteiger partial charge in [-0.1, -0.05) is 26.0 Å². The summed E-state index contributed by atoms with van der Waals surface area (Å²) in [6, 6.07) is 10.9. The van der Waals surface area contributed by atoms with Gasteiger partial charge in [-0.25, -0.2) is 0 Å². The van der Waals surface area contributed by atoms with Gasteiger partial charge in [-0.2, -0.15) is 0 Å². The summed E-state index contributed by atoms with van der Waals surface area (Å²) in [5.74, 6) is 0.508. The first-order chi connectivity index (χ1) is 12.5. The summed E-state index contributed by atoms with van der Waals surface area (Å²) in [5, 5.41) is 5.26. The third-order valence-corrected chi connectivity index (χ3v) is 3.79. The number of hydrogen-bond acceptors (Lipinski definition) is 5. The zero-order valence-electron chi connectivity index (χ0n) is 14.7. The molecule has 2 aromatic rings. The number of ether oxygens (including phenoxy) is 1. The van der Waals surface area contributed by atoms with Crippen molar-refractivity contribution in [2.75, 3.05) is 13.2 Å². The van der Waals surface area contributed by atoms with E-state index in [4.69, 9.17) is 17.0 Å². The van der Waals surface area contributed by atoms with Gasteiger partial charge in [0.15, 0.2) is 10.9 Å². The van der Waals surface area contributed by atoms with Crippen LogP contribution in [0.4, 0.5) is 0 Å². The molecule has 1 heterocycles. The van der Waals surface area contributed by atoms with Crippen LogP contribution in [0.25, 0.3) is 0 Å². The van der Waals surface area contributed by atoms with Gasteiger partial charge in [0.25, 0.3) is 5.91 Å². The molecule has 6 nitrogen and oxygen atoms in total. The first-order valence-corrected chi connectivity index (χ1v) is 8.60. The smallest absolute Gasteiger partial charge is 0.258 e. The molecule has 1 aromatic heterocycles. The van der Waals surface area contributed by atoms with Gasteiger partial charge >= 0.3 is 0 Å². The number of hydrogen-bond donors (Lipinski definition) is 2. The first kappa shape index (κ1) is 19.5. The second kappa shape index (κ2) is 9.62. The van der Waals surface area contributed by atoms with Gasteiger partial charge < -0.3 is 10.1 Å². The molecular formula is C19H21N3O3S. The van der Waals surface area contributed by atoms with E-state index in [1.54, 1.807) is 18.3 Å². The Morgan fingerprint density at radius 1 is 1.19 bits per heavy atom. The van der Waals surface area contributed by atoms with Gasteiger partial charge in [-0.15, -0.1) is 0 Å². The summed E-state index contributed by atoms with van der Waals surface area (Å²) in [6.07, 6.45) is 3.00. The Balaban J connectivity index is 1.71. The summed E-state index contributed by atoms with van der Waals surface area (Å²) in [5.41, 5.74) is 1.59. The Labute approximate surface area is 158 Å². The molecule has 2 rings (SSSR count). The normalized spacial score (nSPS) is 10.3. The number of benzene rings is 1. The standard InChI is InChI=1S/C19H21N3O3S/c1-13(2)14-5-7-17(8-6-14)25-12-16(23)11-21-19(26)22-18(24)15-4-3-9-20-10-15/h3-10,13H,11-12H2,1-2H3,(H2,21,22,24,26). The summed E-state index contributed by atoms with van der Waals surface area (Å²) in [4.78, 5) is 27.6. The molecule has 0 aliphatic rings. The quantitative estimate of drug-likeness (QED) is 0.728. The highest BCUT2D eigenvalue weighted by atomic mass is 32.1. The summed E-state index contributed by atoms with van der Waals surface area (Å²) in [7, 11) is 0. The SMILES string of the molecule is CC(C)c1ccc(OCC(=O)CNC(=S)NC(=O)c2cccnc2)cc1. The molecule has 0 atom stereocenters. The van der Waals surface area contributed by atoms with Crippen LogP contribution < -0.4 is 15.4 Å². The van der Waals surface area contributed by atoms with Crippen molar-refractivity contribution in [1.29, 1.82) is 0 Å². The molecule has 2 N–H and O–H groups in total. The van der Waals surface area contributed by atoms with Crippen LogP contribution in [-0.4, -0.2) is 34.9 Å². The molecule has 0 aliphatic heterocycles. The van der Waals surface area contributed by atoms with Crippen LogP contribution >= 0.6 is 12.2 Å². The maximum atomic E-state index is 11.9. The number of carbonyl (C=O) groups is 2. The van der Waals surface area contributed by atoms with E-state index in [2.05, 4.69) is 29.5 Å². The van der Waals surface area contributed by atoms with E-state index in [1.807, 2.05) is 24.3 Å². The molecule has 0 fully saturated rings. The summed E-state index contributed by atoms with van der Waals surface area (Å²) in [6.45, 7) is 4.12. The molecule has 0 saturated heterocycles. The molecule has 0 saturated carbocycles. The van der Waals surface area contributed by atoms with Gasteiger partial charge in [0.1, 0.15) is 12.4 Å². The molecule has 0 radical (unpaired) electrons. The van der Waals surface area contributed by atoms with Crippen LogP contribution in [0.15, 0.2) is 48.8 Å². The highest BCUT2D eigenvalue weighted by Gasteiger charge is 2.09. The summed E-state index contributed by atoms with van der Waals surface area (Å²) < 4.78 is 5.46. The number of thiocarbonyl (C=S) groups is 1. The monoisotopic (exact) mass is 371 g/mol. The van der Waals surface area contributed by atoms with Crippen molar-refractivity contribution in [2.24, 2.45) is 0 Å². The maximum Gasteiger partial charge on any atom is 0.258 e. The molecule has 1 aromatic carbocycles. The van der Waals surface area contributed by atoms with Crippen LogP contribution in [0, 0.1) is 0 Å². The van der Waals surface area contributed by atoms with Crippen molar-refractivity contribution in [3.8, 4) is 5.75 Å². The highest BCUT2D eigenvalue weighted by molar-refractivity contribution is 7.80. The minimum absolute atomic E-state index is 0.0315. The van der Waals surface area contributed by atoms with Crippen molar-refractivity contribution in [3.05, 3.63) is 59.9 Å². The molecule has 0 bridgehead atoms. The first-order valence-electron chi connectivity index (χ1n) is 8.19. The van der Waals surface area contributed by atoms with Crippen LogP contribution in [0.5, 0.6) is 5.75 Å². The topological polar surface area (TPSA) is 80.3 Å². The van der Waals surface area contributed by atoms with Crippen molar-refractivity contribution in [2.45, 2.75) is 19.8 Å². The van der Waals surface area contributed by atoms with Crippen molar-refractivity contribution in [3.63, 3.8) is 0 Å². The fraction of sp³-hybridized carbons (Fsp3) is 0.263. The number of nitrogens with zero attached hydrogens (tertiary/aromatic N) is 1. The Bertz CT molecular complexity index is 761. The average molecular weight is 371 g/mol. The molecule has 0 unspecified atom stereocenters. The average Bonchev–Trinajstić information content (AvgIpc) is 2.65. The van der Waals surface area contributed by atoms with E-state index < -0.39 is 0 Å². The van der Waals surface area contributed by atoms with Crippen molar-refractivity contribution in [1.82, 2.24) is 15.6 Å². The molecule has 136 valence electrons. The number of rotatable bonds is 7. The van der Waals surface area contributed by atoms with Gasteiger partial charge in [-0.3, -0.25) is 19.9 Å². The number of Topliss-reactive ketones (excluding diaryl/α,β-unsaturated/α-hetero) is 1. The lowest BCUT2D eigenvalue weighted by Gasteiger charge is -2.10. The lowest BCUT2D eigenvalue weighted by atomic mass is 10.0. The number of carbonyl (C=O) groups excluding carboxylic acids is 2. The number of ketones is 1. The molecule has 0 spiro atoms. The molecular weight excluding hydrogens is 350 g/mol. The zero-order chi connectivity index (χ0) is 18.9. The van der Waals surface area contributed by atoms with E-state index >= 15 is 0 Å². The van der Waals surface area contributed by atoms with Crippen molar-refractivity contribution < 1.29 is 14.3 Å². The van der Waals surface area contributed by atoms with E-state index in [0.29, 0.717) is 17.2 Å². The van der Waals surface area contributed by atoms with Crippen LogP contribution in [0.3, 0.4) is 0 Å². The van der Waals surface area contributed by atoms with E-state index in [9.17, 15) is 9.59 Å². The van der Waals surface area contributed by atoms with E-state index in [0.717, 1.165) is 0 Å². The zero-order valence-corrected chi connectivity index (χ0v) is 15.5. The minimum atomic E-state index is -0.385. The Morgan fingerprint density at radius 2 is 1.92 bits per heavy atom. The van der Waals surface area contributed by atoms with E-state index in [-0.39, 0.29) is 30.0 Å². The van der Waals surface area contributed by atoms with Gasteiger partial charge in [0, 0.05) is 12.4 Å². The van der Waals surface area contributed by atoms with Crippen LogP contribution in [-0.2, 0) is 4.79 Å². The highest BCUT2D eigenvalue weighted by Crippen LogP contribution is 2.18. The Kier molecular flexibility index (Phi) is 7.23.